The van der Waals surface area contributed by atoms with E-state index in [4.69, 9.17) is 20.1 Å². The van der Waals surface area contributed by atoms with Gasteiger partial charge >= 0.3 is 0 Å². The van der Waals surface area contributed by atoms with E-state index in [2.05, 4.69) is 34.4 Å². The quantitative estimate of drug-likeness (QED) is 0.465. The first-order valence-electron chi connectivity index (χ1n) is 9.89. The molecule has 2 bridgehead atoms. The van der Waals surface area contributed by atoms with E-state index in [0.29, 0.717) is 29.1 Å². The number of nitrogens with zero attached hydrogens (tertiary/aromatic N) is 5. The van der Waals surface area contributed by atoms with Crippen molar-refractivity contribution in [2.75, 3.05) is 5.73 Å². The molecule has 4 heterocycles. The molecule has 4 aromatic rings. The zero-order valence-electron chi connectivity index (χ0n) is 17.4. The Balaban J connectivity index is 1.82. The molecular weight excluding hydrogens is 392 g/mol. The lowest BCUT2D eigenvalue weighted by molar-refractivity contribution is 0.228. The lowest BCUT2D eigenvalue weighted by atomic mass is 9.94. The molecule has 0 saturated carbocycles. The lowest BCUT2D eigenvalue weighted by Gasteiger charge is -2.21. The molecule has 0 saturated heterocycles. The second-order valence-corrected chi connectivity index (χ2v) is 7.75. The molecular formula is C23H20N6O2. The summed E-state index contributed by atoms with van der Waals surface area (Å²) in [5.41, 5.74) is 12.5. The zero-order valence-corrected chi connectivity index (χ0v) is 17.4. The number of fused-ring (bicyclic) bond motifs is 7. The van der Waals surface area contributed by atoms with Gasteiger partial charge in [0.15, 0.2) is 23.0 Å². The first-order valence-corrected chi connectivity index (χ1v) is 9.89. The summed E-state index contributed by atoms with van der Waals surface area (Å²) in [6.07, 6.45) is 3.69. The first kappa shape index (κ1) is 18.9. The largest absolute Gasteiger partial charge is 0.482 e. The van der Waals surface area contributed by atoms with Gasteiger partial charge in [0.25, 0.3) is 0 Å². The average molecular weight is 412 g/mol. The second-order valence-electron chi connectivity index (χ2n) is 7.75. The van der Waals surface area contributed by atoms with Crippen LogP contribution in [0.15, 0.2) is 41.2 Å². The first-order chi connectivity index (χ1) is 14.9. The number of ether oxygens (including phenoxy) is 1. The number of pyridine rings is 1. The maximum absolute atomic E-state index is 9.59. The number of aromatic nitrogens is 4. The Morgan fingerprint density at radius 1 is 1.29 bits per heavy atom. The Morgan fingerprint density at radius 2 is 2.13 bits per heavy atom. The molecule has 1 unspecified atom stereocenters. The van der Waals surface area contributed by atoms with Crippen molar-refractivity contribution >= 4 is 5.82 Å². The van der Waals surface area contributed by atoms with Crippen molar-refractivity contribution in [3.63, 3.8) is 0 Å². The SMILES string of the molecule is Cc1ccc2c(c1)C(C)Oc1cc(cnc1N)-c1c(C#N)noc1Cc1cn(C)nc1-2. The minimum absolute atomic E-state index is 0.194. The smallest absolute Gasteiger partial charge is 0.191 e. The fraction of sp³-hybridized carbons (Fsp3) is 0.217. The van der Waals surface area contributed by atoms with Crippen LogP contribution in [0.2, 0.25) is 0 Å². The molecule has 1 aliphatic rings. The van der Waals surface area contributed by atoms with Gasteiger partial charge in [0.2, 0.25) is 0 Å². The Bertz CT molecular complexity index is 1360. The van der Waals surface area contributed by atoms with E-state index in [1.807, 2.05) is 27.1 Å². The molecule has 1 aromatic carbocycles. The molecule has 0 spiro atoms. The van der Waals surface area contributed by atoms with Gasteiger partial charge in [-0.3, -0.25) is 4.68 Å². The van der Waals surface area contributed by atoms with E-state index in [9.17, 15) is 5.26 Å². The number of hydrogen-bond acceptors (Lipinski definition) is 7. The van der Waals surface area contributed by atoms with E-state index < -0.39 is 0 Å². The summed E-state index contributed by atoms with van der Waals surface area (Å²) in [6, 6.07) is 10.1. The van der Waals surface area contributed by atoms with Crippen LogP contribution in [0.3, 0.4) is 0 Å². The van der Waals surface area contributed by atoms with Crippen LogP contribution < -0.4 is 10.5 Å². The lowest BCUT2D eigenvalue weighted by Crippen LogP contribution is -2.09. The van der Waals surface area contributed by atoms with Crippen LogP contribution in [0.5, 0.6) is 5.75 Å². The summed E-state index contributed by atoms with van der Waals surface area (Å²) in [7, 11) is 1.88. The average Bonchev–Trinajstić information content (AvgIpc) is 3.32. The highest BCUT2D eigenvalue weighted by molar-refractivity contribution is 5.75. The van der Waals surface area contributed by atoms with E-state index in [0.717, 1.165) is 27.9 Å². The number of hydrogen-bond donors (Lipinski definition) is 1. The number of nitrogens with two attached hydrogens (primary N) is 1. The van der Waals surface area contributed by atoms with Crippen molar-refractivity contribution in [3.05, 3.63) is 64.8 Å². The number of benzene rings is 1. The molecule has 3 aromatic heterocycles. The fourth-order valence-corrected chi connectivity index (χ4v) is 4.06. The van der Waals surface area contributed by atoms with Gasteiger partial charge in [-0.1, -0.05) is 28.9 Å². The van der Waals surface area contributed by atoms with Gasteiger partial charge in [0.1, 0.15) is 12.2 Å². The maximum atomic E-state index is 9.59. The van der Waals surface area contributed by atoms with E-state index in [1.165, 1.54) is 0 Å². The van der Waals surface area contributed by atoms with Crippen molar-refractivity contribution in [3.8, 4) is 34.2 Å². The number of nitrogen functional groups attached to an aromatic ring is 1. The summed E-state index contributed by atoms with van der Waals surface area (Å²) >= 11 is 0. The van der Waals surface area contributed by atoms with Crippen molar-refractivity contribution in [1.82, 2.24) is 19.9 Å². The van der Waals surface area contributed by atoms with Gasteiger partial charge in [-0.25, -0.2) is 4.98 Å². The van der Waals surface area contributed by atoms with Gasteiger partial charge in [-0.2, -0.15) is 10.4 Å². The third-order valence-corrected chi connectivity index (χ3v) is 5.50. The number of anilines is 1. The normalized spacial score (nSPS) is 14.8. The molecule has 1 aliphatic heterocycles. The third kappa shape index (κ3) is 3.11. The van der Waals surface area contributed by atoms with E-state index in [1.54, 1.807) is 16.9 Å². The number of aryl methyl sites for hydroxylation is 2. The minimum atomic E-state index is -0.305. The Hall–Kier alpha value is -4.12. The Labute approximate surface area is 178 Å². The zero-order chi connectivity index (χ0) is 21.7. The Morgan fingerprint density at radius 3 is 2.94 bits per heavy atom. The summed E-state index contributed by atoms with van der Waals surface area (Å²) < 4.78 is 13.6. The third-order valence-electron chi connectivity index (χ3n) is 5.50. The van der Waals surface area contributed by atoms with Crippen LogP contribution in [0.4, 0.5) is 5.82 Å². The van der Waals surface area contributed by atoms with Crippen LogP contribution >= 0.6 is 0 Å². The summed E-state index contributed by atoms with van der Waals surface area (Å²) in [6.45, 7) is 4.02. The number of nitriles is 1. The van der Waals surface area contributed by atoms with Gasteiger partial charge in [-0.15, -0.1) is 0 Å². The van der Waals surface area contributed by atoms with E-state index >= 15 is 0 Å². The standard InChI is InChI=1S/C23H20N6O2/c1-12-4-5-16-17(6-12)13(2)30-20-7-14(10-26-23(20)25)21-18(9-24)28-31-19(21)8-15-11-29(3)27-22(15)16/h4-7,10-11,13H,8H2,1-3H3,(H2,25,26). The van der Waals surface area contributed by atoms with Gasteiger partial charge in [0.05, 0.1) is 11.3 Å². The topological polar surface area (TPSA) is 116 Å². The molecule has 2 N–H and O–H groups in total. The molecule has 1 atom stereocenters. The molecule has 31 heavy (non-hydrogen) atoms. The van der Waals surface area contributed by atoms with Crippen molar-refractivity contribution in [1.29, 1.82) is 5.26 Å². The van der Waals surface area contributed by atoms with Crippen LogP contribution in [-0.2, 0) is 13.5 Å². The monoisotopic (exact) mass is 412 g/mol. The van der Waals surface area contributed by atoms with Crippen LogP contribution in [-0.4, -0.2) is 19.9 Å². The fourth-order valence-electron chi connectivity index (χ4n) is 4.06. The van der Waals surface area contributed by atoms with Gasteiger partial charge in [0, 0.05) is 48.1 Å². The second kappa shape index (κ2) is 6.99. The van der Waals surface area contributed by atoms with Crippen molar-refractivity contribution in [2.45, 2.75) is 26.4 Å². The maximum Gasteiger partial charge on any atom is 0.191 e. The molecule has 154 valence electrons. The molecule has 0 radical (unpaired) electrons. The molecule has 0 fully saturated rings. The highest BCUT2D eigenvalue weighted by Crippen LogP contribution is 2.39. The van der Waals surface area contributed by atoms with Gasteiger partial charge < -0.3 is 15.0 Å². The predicted octanol–water partition coefficient (Wildman–Crippen LogP) is 3.94. The molecule has 0 amide bonds. The summed E-state index contributed by atoms with van der Waals surface area (Å²) in [5.74, 6) is 1.28. The van der Waals surface area contributed by atoms with Crippen molar-refractivity contribution in [2.24, 2.45) is 7.05 Å². The van der Waals surface area contributed by atoms with E-state index in [-0.39, 0.29) is 17.6 Å². The Kier molecular flexibility index (Phi) is 4.26. The minimum Gasteiger partial charge on any atom is -0.482 e. The predicted molar refractivity (Wildman–Crippen MR) is 114 cm³/mol. The van der Waals surface area contributed by atoms with Crippen LogP contribution in [0.1, 0.15) is 41.2 Å². The van der Waals surface area contributed by atoms with Crippen LogP contribution in [0.25, 0.3) is 22.4 Å². The summed E-state index contributed by atoms with van der Waals surface area (Å²) in [4.78, 5) is 4.30. The van der Waals surface area contributed by atoms with Gasteiger partial charge in [-0.05, 0) is 19.9 Å². The molecule has 5 rings (SSSR count). The molecule has 0 aliphatic carbocycles. The highest BCUT2D eigenvalue weighted by Gasteiger charge is 2.25. The van der Waals surface area contributed by atoms with Crippen molar-refractivity contribution < 1.29 is 9.26 Å². The number of rotatable bonds is 0. The molecule has 8 heteroatoms. The van der Waals surface area contributed by atoms with Crippen LogP contribution in [0, 0.1) is 18.3 Å². The highest BCUT2D eigenvalue weighted by atomic mass is 16.5. The summed E-state index contributed by atoms with van der Waals surface area (Å²) in [5, 5.41) is 18.3. The molecule has 8 nitrogen and oxygen atoms in total.